The van der Waals surface area contributed by atoms with Crippen molar-refractivity contribution >= 4 is 40.8 Å². The Morgan fingerprint density at radius 1 is 1.46 bits per heavy atom. The summed E-state index contributed by atoms with van der Waals surface area (Å²) in [7, 11) is 0. The molecule has 2 rings (SSSR count). The minimum atomic E-state index is -1.10. The van der Waals surface area contributed by atoms with Crippen LogP contribution in [0.25, 0.3) is 0 Å². The number of hydrogen-bond acceptors (Lipinski definition) is 8. The van der Waals surface area contributed by atoms with E-state index in [4.69, 9.17) is 4.74 Å². The molecule has 0 aromatic carbocycles. The van der Waals surface area contributed by atoms with E-state index in [1.807, 2.05) is 19.9 Å². The van der Waals surface area contributed by atoms with Crippen molar-refractivity contribution in [1.82, 2.24) is 9.88 Å². The molecular weight excluding hydrogens is 374 g/mol. The first-order valence-electron chi connectivity index (χ1n) is 8.38. The summed E-state index contributed by atoms with van der Waals surface area (Å²) in [6.07, 6.45) is 0.692. The second-order valence-corrected chi connectivity index (χ2v) is 7.78. The molecular formula is C17H21N3O4S2. The van der Waals surface area contributed by atoms with Crippen molar-refractivity contribution in [1.29, 1.82) is 5.26 Å². The molecule has 0 radical (unpaired) electrons. The quantitative estimate of drug-likeness (QED) is 0.654. The fourth-order valence-corrected chi connectivity index (χ4v) is 4.52. The number of ketones is 1. The summed E-state index contributed by atoms with van der Waals surface area (Å²) in [5, 5.41) is 11.3. The highest BCUT2D eigenvalue weighted by Crippen LogP contribution is 2.30. The first-order chi connectivity index (χ1) is 12.4. The standard InChI is InChI=1S/C17H21N3O4S2/c1-4-10(3)16(22)20-9-25-8-13(20)14(21)11(6-18)15-19-12(7-26-15)17(23)24-5-2/h7,10-11,13H,4-5,8-9H2,1-3H3/t10-,11+,13+/m0/s1. The molecule has 1 aromatic rings. The molecule has 9 heteroatoms. The number of Topliss-reactive ketones (excluding diaryl/α,β-unsaturated/α-hetero) is 1. The average Bonchev–Trinajstić information content (AvgIpc) is 3.30. The zero-order valence-electron chi connectivity index (χ0n) is 14.9. The summed E-state index contributed by atoms with van der Waals surface area (Å²) in [6, 6.07) is 1.34. The first kappa shape index (κ1) is 20.4. The van der Waals surface area contributed by atoms with Crippen molar-refractivity contribution in [2.45, 2.75) is 39.2 Å². The van der Waals surface area contributed by atoms with Gasteiger partial charge in [0.2, 0.25) is 5.91 Å². The Balaban J connectivity index is 2.19. The number of ether oxygens (including phenoxy) is 1. The average molecular weight is 396 g/mol. The van der Waals surface area contributed by atoms with Crippen LogP contribution in [0, 0.1) is 17.2 Å². The van der Waals surface area contributed by atoms with E-state index in [-0.39, 0.29) is 34.9 Å². The lowest BCUT2D eigenvalue weighted by atomic mass is 9.98. The first-order valence-corrected chi connectivity index (χ1v) is 10.4. The molecule has 1 fully saturated rings. The second-order valence-electron chi connectivity index (χ2n) is 5.89. The number of rotatable bonds is 7. The number of thioether (sulfide) groups is 1. The maximum atomic E-state index is 12.9. The van der Waals surface area contributed by atoms with Crippen molar-refractivity contribution in [3.63, 3.8) is 0 Å². The highest BCUT2D eigenvalue weighted by Gasteiger charge is 2.40. The lowest BCUT2D eigenvalue weighted by Gasteiger charge is -2.26. The Labute approximate surface area is 160 Å². The van der Waals surface area contributed by atoms with Gasteiger partial charge in [-0.15, -0.1) is 23.1 Å². The highest BCUT2D eigenvalue weighted by atomic mass is 32.2. The molecule has 26 heavy (non-hydrogen) atoms. The fourth-order valence-electron chi connectivity index (χ4n) is 2.51. The molecule has 1 aliphatic heterocycles. The third-order valence-electron chi connectivity index (χ3n) is 4.19. The number of amides is 1. The summed E-state index contributed by atoms with van der Waals surface area (Å²) in [5.41, 5.74) is 0.0910. The van der Waals surface area contributed by atoms with Gasteiger partial charge in [0.05, 0.1) is 18.6 Å². The van der Waals surface area contributed by atoms with Gasteiger partial charge in [0, 0.05) is 17.1 Å². The molecule has 0 aliphatic carbocycles. The van der Waals surface area contributed by atoms with E-state index in [1.54, 1.807) is 11.8 Å². The Morgan fingerprint density at radius 3 is 2.81 bits per heavy atom. The number of hydrogen-bond donors (Lipinski definition) is 0. The molecule has 1 aliphatic rings. The number of carbonyl (C=O) groups excluding carboxylic acids is 3. The minimum absolute atomic E-state index is 0.0705. The molecule has 0 unspecified atom stereocenters. The number of carbonyl (C=O) groups is 3. The van der Waals surface area contributed by atoms with Gasteiger partial charge in [-0.05, 0) is 13.3 Å². The second kappa shape index (κ2) is 9.14. The largest absolute Gasteiger partial charge is 0.461 e. The van der Waals surface area contributed by atoms with Crippen LogP contribution in [0.1, 0.15) is 48.6 Å². The van der Waals surface area contributed by atoms with E-state index in [1.165, 1.54) is 17.1 Å². The van der Waals surface area contributed by atoms with Gasteiger partial charge in [0.25, 0.3) is 0 Å². The smallest absolute Gasteiger partial charge is 0.357 e. The van der Waals surface area contributed by atoms with Gasteiger partial charge in [-0.25, -0.2) is 9.78 Å². The zero-order chi connectivity index (χ0) is 19.3. The summed E-state index contributed by atoms with van der Waals surface area (Å²) in [4.78, 5) is 42.8. The minimum Gasteiger partial charge on any atom is -0.461 e. The van der Waals surface area contributed by atoms with Crippen LogP contribution in [-0.4, -0.2) is 51.8 Å². The third-order valence-corrected chi connectivity index (χ3v) is 6.12. The summed E-state index contributed by atoms with van der Waals surface area (Å²) < 4.78 is 4.88. The molecule has 0 saturated carbocycles. The molecule has 2 heterocycles. The molecule has 140 valence electrons. The van der Waals surface area contributed by atoms with Crippen LogP contribution in [0.4, 0.5) is 0 Å². The molecule has 1 amide bonds. The van der Waals surface area contributed by atoms with E-state index in [0.29, 0.717) is 18.1 Å². The molecule has 0 bridgehead atoms. The lowest BCUT2D eigenvalue weighted by molar-refractivity contribution is -0.140. The van der Waals surface area contributed by atoms with Crippen LogP contribution in [0.5, 0.6) is 0 Å². The summed E-state index contributed by atoms with van der Waals surface area (Å²) >= 11 is 2.58. The number of nitrogens with zero attached hydrogens (tertiary/aromatic N) is 3. The van der Waals surface area contributed by atoms with Crippen molar-refractivity contribution in [3.8, 4) is 6.07 Å². The van der Waals surface area contributed by atoms with Gasteiger partial charge < -0.3 is 9.64 Å². The molecule has 0 N–H and O–H groups in total. The summed E-state index contributed by atoms with van der Waals surface area (Å²) in [6.45, 7) is 5.67. The molecule has 1 saturated heterocycles. The Hall–Kier alpha value is -1.92. The van der Waals surface area contributed by atoms with E-state index < -0.39 is 17.9 Å². The van der Waals surface area contributed by atoms with Crippen LogP contribution in [-0.2, 0) is 14.3 Å². The SMILES string of the molecule is CCOC(=O)c1csc([C@H](C#N)C(=O)[C@H]2CSCN2C(=O)[C@@H](C)CC)n1. The topological polar surface area (TPSA) is 100 Å². The fraction of sp³-hybridized carbons (Fsp3) is 0.588. The third kappa shape index (κ3) is 4.24. The predicted octanol–water partition coefficient (Wildman–Crippen LogP) is 2.44. The van der Waals surface area contributed by atoms with Crippen LogP contribution in [0.3, 0.4) is 0 Å². The normalized spacial score (nSPS) is 18.8. The van der Waals surface area contributed by atoms with Gasteiger partial charge >= 0.3 is 5.97 Å². The Morgan fingerprint density at radius 2 is 2.19 bits per heavy atom. The molecule has 3 atom stereocenters. The zero-order valence-corrected chi connectivity index (χ0v) is 16.6. The van der Waals surface area contributed by atoms with Gasteiger partial charge in [-0.2, -0.15) is 5.26 Å². The van der Waals surface area contributed by atoms with E-state index in [0.717, 1.165) is 11.3 Å². The van der Waals surface area contributed by atoms with Crippen molar-refractivity contribution in [2.24, 2.45) is 5.92 Å². The summed E-state index contributed by atoms with van der Waals surface area (Å²) in [5.74, 6) is -1.35. The Bertz CT molecular complexity index is 728. The maximum absolute atomic E-state index is 12.9. The Kier molecular flexibility index (Phi) is 7.17. The monoisotopic (exact) mass is 395 g/mol. The van der Waals surface area contributed by atoms with Crippen molar-refractivity contribution in [2.75, 3.05) is 18.2 Å². The van der Waals surface area contributed by atoms with E-state index in [9.17, 15) is 19.6 Å². The van der Waals surface area contributed by atoms with Crippen molar-refractivity contribution < 1.29 is 19.1 Å². The van der Waals surface area contributed by atoms with Crippen LogP contribution in [0.15, 0.2) is 5.38 Å². The van der Waals surface area contributed by atoms with Gasteiger partial charge in [-0.3, -0.25) is 9.59 Å². The van der Waals surface area contributed by atoms with E-state index in [2.05, 4.69) is 4.98 Å². The number of aromatic nitrogens is 1. The lowest BCUT2D eigenvalue weighted by Crippen LogP contribution is -2.45. The number of thiazole rings is 1. The van der Waals surface area contributed by atoms with Gasteiger partial charge in [-0.1, -0.05) is 13.8 Å². The molecule has 1 aromatic heterocycles. The van der Waals surface area contributed by atoms with Crippen LogP contribution >= 0.6 is 23.1 Å². The molecule has 7 nitrogen and oxygen atoms in total. The molecule has 0 spiro atoms. The van der Waals surface area contributed by atoms with Crippen molar-refractivity contribution in [3.05, 3.63) is 16.1 Å². The maximum Gasteiger partial charge on any atom is 0.357 e. The van der Waals surface area contributed by atoms with E-state index >= 15 is 0 Å². The highest BCUT2D eigenvalue weighted by molar-refractivity contribution is 7.99. The van der Waals surface area contributed by atoms with Gasteiger partial charge in [0.1, 0.15) is 11.0 Å². The van der Waals surface area contributed by atoms with Gasteiger partial charge in [0.15, 0.2) is 17.4 Å². The van der Waals surface area contributed by atoms with Crippen LogP contribution in [0.2, 0.25) is 0 Å². The number of nitriles is 1. The number of esters is 1. The van der Waals surface area contributed by atoms with Crippen LogP contribution < -0.4 is 0 Å². The predicted molar refractivity (Wildman–Crippen MR) is 98.8 cm³/mol.